The zero-order valence-corrected chi connectivity index (χ0v) is 10.3. The Balaban J connectivity index is 2.16. The van der Waals surface area contributed by atoms with Gasteiger partial charge in [0.25, 0.3) is 0 Å². The summed E-state index contributed by atoms with van der Waals surface area (Å²) in [6.07, 6.45) is 5.13. The molecule has 0 saturated carbocycles. The van der Waals surface area contributed by atoms with Crippen LogP contribution < -0.4 is 0 Å². The first-order valence-corrected chi connectivity index (χ1v) is 6.37. The molecule has 17 heavy (non-hydrogen) atoms. The highest BCUT2D eigenvalue weighted by molar-refractivity contribution is 6.07. The average molecular weight is 230 g/mol. The SMILES string of the molecule is CCC(=O)CC(=O)c1ccc2c(c1)CCCC2. The molecule has 0 N–H and O–H groups in total. The van der Waals surface area contributed by atoms with E-state index in [1.807, 2.05) is 12.1 Å². The van der Waals surface area contributed by atoms with Crippen LogP contribution in [0, 0.1) is 0 Å². The van der Waals surface area contributed by atoms with E-state index in [0.717, 1.165) is 12.8 Å². The summed E-state index contributed by atoms with van der Waals surface area (Å²) in [4.78, 5) is 23.1. The largest absolute Gasteiger partial charge is 0.299 e. The lowest BCUT2D eigenvalue weighted by molar-refractivity contribution is -0.117. The van der Waals surface area contributed by atoms with Gasteiger partial charge in [-0.15, -0.1) is 0 Å². The summed E-state index contributed by atoms with van der Waals surface area (Å²) in [6.45, 7) is 1.79. The molecule has 1 aromatic rings. The summed E-state index contributed by atoms with van der Waals surface area (Å²) < 4.78 is 0. The van der Waals surface area contributed by atoms with Crippen molar-refractivity contribution in [3.63, 3.8) is 0 Å². The summed E-state index contributed by atoms with van der Waals surface area (Å²) in [5.41, 5.74) is 3.37. The number of hydrogen-bond donors (Lipinski definition) is 0. The second-order valence-corrected chi connectivity index (χ2v) is 4.68. The summed E-state index contributed by atoms with van der Waals surface area (Å²) in [7, 11) is 0. The molecule has 90 valence electrons. The first-order chi connectivity index (χ1) is 8.20. The molecule has 0 heterocycles. The number of carbonyl (C=O) groups excluding carboxylic acids is 2. The van der Waals surface area contributed by atoms with E-state index in [1.165, 1.54) is 24.0 Å². The fraction of sp³-hybridized carbons (Fsp3) is 0.467. The summed E-state index contributed by atoms with van der Waals surface area (Å²) in [5, 5.41) is 0. The topological polar surface area (TPSA) is 34.1 Å². The van der Waals surface area contributed by atoms with Crippen molar-refractivity contribution in [1.82, 2.24) is 0 Å². The van der Waals surface area contributed by atoms with Gasteiger partial charge in [-0.1, -0.05) is 19.1 Å². The number of rotatable bonds is 4. The quantitative estimate of drug-likeness (QED) is 0.588. The van der Waals surface area contributed by atoms with Gasteiger partial charge in [-0.25, -0.2) is 0 Å². The Morgan fingerprint density at radius 2 is 1.82 bits per heavy atom. The zero-order valence-electron chi connectivity index (χ0n) is 10.3. The van der Waals surface area contributed by atoms with Crippen LogP contribution in [0.5, 0.6) is 0 Å². The molecule has 0 aliphatic heterocycles. The van der Waals surface area contributed by atoms with Crippen molar-refractivity contribution in [3.05, 3.63) is 34.9 Å². The van der Waals surface area contributed by atoms with Gasteiger partial charge in [-0.05, 0) is 42.9 Å². The number of ketones is 2. The summed E-state index contributed by atoms with van der Waals surface area (Å²) >= 11 is 0. The lowest BCUT2D eigenvalue weighted by atomic mass is 9.89. The Labute approximate surface area is 102 Å². The molecule has 0 amide bonds. The van der Waals surface area contributed by atoms with E-state index in [1.54, 1.807) is 6.92 Å². The van der Waals surface area contributed by atoms with E-state index in [9.17, 15) is 9.59 Å². The van der Waals surface area contributed by atoms with E-state index in [0.29, 0.717) is 12.0 Å². The van der Waals surface area contributed by atoms with E-state index < -0.39 is 0 Å². The number of fused-ring (bicyclic) bond motifs is 1. The van der Waals surface area contributed by atoms with Crippen LogP contribution in [0.25, 0.3) is 0 Å². The van der Waals surface area contributed by atoms with Crippen LogP contribution in [0.2, 0.25) is 0 Å². The van der Waals surface area contributed by atoms with E-state index in [2.05, 4.69) is 6.07 Å². The highest BCUT2D eigenvalue weighted by atomic mass is 16.1. The molecule has 0 fully saturated rings. The van der Waals surface area contributed by atoms with Crippen LogP contribution in [0.4, 0.5) is 0 Å². The predicted octanol–water partition coefficient (Wildman–Crippen LogP) is 3.12. The first-order valence-electron chi connectivity index (χ1n) is 6.37. The second kappa shape index (κ2) is 5.26. The normalized spacial score (nSPS) is 14.2. The lowest BCUT2D eigenvalue weighted by Crippen LogP contribution is -2.09. The maximum Gasteiger partial charge on any atom is 0.170 e. The summed E-state index contributed by atoms with van der Waals surface area (Å²) in [6, 6.07) is 5.91. The van der Waals surface area contributed by atoms with Gasteiger partial charge in [0.1, 0.15) is 5.78 Å². The molecule has 0 radical (unpaired) electrons. The molecular weight excluding hydrogens is 212 g/mol. The fourth-order valence-corrected chi connectivity index (χ4v) is 2.31. The summed E-state index contributed by atoms with van der Waals surface area (Å²) in [5.74, 6) is -0.0158. The Morgan fingerprint density at radius 1 is 1.12 bits per heavy atom. The third-order valence-electron chi connectivity index (χ3n) is 3.42. The molecule has 0 atom stereocenters. The number of Topliss-reactive ketones (excluding diaryl/α,β-unsaturated/α-hetero) is 2. The Kier molecular flexibility index (Phi) is 3.72. The Hall–Kier alpha value is -1.44. The van der Waals surface area contributed by atoms with Gasteiger partial charge in [0.05, 0.1) is 6.42 Å². The van der Waals surface area contributed by atoms with Crippen molar-refractivity contribution in [2.75, 3.05) is 0 Å². The minimum absolute atomic E-state index is 0.0210. The smallest absolute Gasteiger partial charge is 0.170 e. The maximum absolute atomic E-state index is 11.9. The third-order valence-corrected chi connectivity index (χ3v) is 3.42. The van der Waals surface area contributed by atoms with Crippen molar-refractivity contribution in [2.45, 2.75) is 45.4 Å². The minimum atomic E-state index is -0.0368. The van der Waals surface area contributed by atoms with E-state index >= 15 is 0 Å². The monoisotopic (exact) mass is 230 g/mol. The van der Waals surface area contributed by atoms with Crippen molar-refractivity contribution in [2.24, 2.45) is 0 Å². The van der Waals surface area contributed by atoms with Crippen molar-refractivity contribution in [1.29, 1.82) is 0 Å². The molecule has 2 heteroatoms. The molecule has 0 unspecified atom stereocenters. The van der Waals surface area contributed by atoms with Crippen molar-refractivity contribution < 1.29 is 9.59 Å². The highest BCUT2D eigenvalue weighted by Gasteiger charge is 2.14. The van der Waals surface area contributed by atoms with Crippen LogP contribution in [0.1, 0.15) is 54.1 Å². The van der Waals surface area contributed by atoms with Gasteiger partial charge in [0.15, 0.2) is 5.78 Å². The molecule has 0 saturated heterocycles. The van der Waals surface area contributed by atoms with Crippen LogP contribution >= 0.6 is 0 Å². The number of carbonyl (C=O) groups is 2. The Morgan fingerprint density at radius 3 is 2.53 bits per heavy atom. The maximum atomic E-state index is 11.9. The average Bonchev–Trinajstić information content (AvgIpc) is 2.38. The van der Waals surface area contributed by atoms with Crippen molar-refractivity contribution >= 4 is 11.6 Å². The van der Waals surface area contributed by atoms with Crippen LogP contribution in [-0.4, -0.2) is 11.6 Å². The molecular formula is C15H18O2. The minimum Gasteiger partial charge on any atom is -0.299 e. The Bertz CT molecular complexity index is 446. The van der Waals surface area contributed by atoms with E-state index in [-0.39, 0.29) is 18.0 Å². The molecule has 0 spiro atoms. The molecule has 1 aromatic carbocycles. The van der Waals surface area contributed by atoms with Gasteiger partial charge in [-0.2, -0.15) is 0 Å². The first kappa shape index (κ1) is 12.0. The van der Waals surface area contributed by atoms with E-state index in [4.69, 9.17) is 0 Å². The number of aryl methyl sites for hydroxylation is 2. The standard InChI is InChI=1S/C15H18O2/c1-2-14(16)10-15(17)13-8-7-11-5-3-4-6-12(11)9-13/h7-9H,2-6,10H2,1H3. The molecule has 2 rings (SSSR count). The second-order valence-electron chi connectivity index (χ2n) is 4.68. The molecule has 0 aromatic heterocycles. The predicted molar refractivity (Wildman–Crippen MR) is 67.3 cm³/mol. The zero-order chi connectivity index (χ0) is 12.3. The molecule has 1 aliphatic rings. The highest BCUT2D eigenvalue weighted by Crippen LogP contribution is 2.22. The van der Waals surface area contributed by atoms with Crippen LogP contribution in [0.15, 0.2) is 18.2 Å². The fourth-order valence-electron chi connectivity index (χ4n) is 2.31. The molecule has 2 nitrogen and oxygen atoms in total. The van der Waals surface area contributed by atoms with Gasteiger partial charge < -0.3 is 0 Å². The van der Waals surface area contributed by atoms with Gasteiger partial charge in [0, 0.05) is 12.0 Å². The van der Waals surface area contributed by atoms with Gasteiger partial charge in [0.2, 0.25) is 0 Å². The van der Waals surface area contributed by atoms with Crippen LogP contribution in [-0.2, 0) is 17.6 Å². The third kappa shape index (κ3) is 2.82. The van der Waals surface area contributed by atoms with Gasteiger partial charge >= 0.3 is 0 Å². The number of hydrogen-bond acceptors (Lipinski definition) is 2. The number of benzene rings is 1. The lowest BCUT2D eigenvalue weighted by Gasteiger charge is -2.16. The van der Waals surface area contributed by atoms with Crippen LogP contribution in [0.3, 0.4) is 0 Å². The molecule has 0 bridgehead atoms. The molecule has 1 aliphatic carbocycles. The van der Waals surface area contributed by atoms with Crippen molar-refractivity contribution in [3.8, 4) is 0 Å². The van der Waals surface area contributed by atoms with Gasteiger partial charge in [-0.3, -0.25) is 9.59 Å².